The van der Waals surface area contributed by atoms with E-state index >= 15 is 0 Å². The van der Waals surface area contributed by atoms with Crippen molar-refractivity contribution in [1.82, 2.24) is 10.2 Å². The molecule has 120 valence electrons. The Kier molecular flexibility index (Phi) is 6.64. The molecule has 0 aliphatic carbocycles. The lowest BCUT2D eigenvalue weighted by molar-refractivity contribution is -0.129. The molecule has 1 aromatic rings. The van der Waals surface area contributed by atoms with Gasteiger partial charge in [0.15, 0.2) is 0 Å². The Hall–Kier alpha value is -1.14. The summed E-state index contributed by atoms with van der Waals surface area (Å²) < 4.78 is 1.05. The highest BCUT2D eigenvalue weighted by atomic mass is 79.9. The summed E-state index contributed by atoms with van der Waals surface area (Å²) in [6.45, 7) is 3.36. The van der Waals surface area contributed by atoms with Crippen molar-refractivity contribution < 1.29 is 9.59 Å². The smallest absolute Gasteiger partial charge is 0.246 e. The van der Waals surface area contributed by atoms with Crippen LogP contribution in [0.15, 0.2) is 22.0 Å². The zero-order valence-electron chi connectivity index (χ0n) is 12.7. The highest BCUT2D eigenvalue weighted by molar-refractivity contribution is 9.11. The fourth-order valence-corrected chi connectivity index (χ4v) is 3.83. The van der Waals surface area contributed by atoms with Gasteiger partial charge in [0.1, 0.15) is 0 Å². The minimum absolute atomic E-state index is 0.0129. The van der Waals surface area contributed by atoms with Crippen LogP contribution in [-0.2, 0) is 9.59 Å². The number of hydrogen-bond donors (Lipinski definition) is 1. The predicted molar refractivity (Wildman–Crippen MR) is 93.7 cm³/mol. The first-order valence-corrected chi connectivity index (χ1v) is 9.21. The van der Waals surface area contributed by atoms with Gasteiger partial charge in [-0.3, -0.25) is 9.59 Å². The third-order valence-electron chi connectivity index (χ3n) is 3.56. The molecule has 0 spiro atoms. The van der Waals surface area contributed by atoms with E-state index in [1.54, 1.807) is 17.4 Å². The number of likely N-dealkylation sites (tertiary alicyclic amines) is 1. The van der Waals surface area contributed by atoms with Crippen molar-refractivity contribution in [3.63, 3.8) is 0 Å². The lowest BCUT2D eigenvalue weighted by atomic mass is 10.1. The summed E-state index contributed by atoms with van der Waals surface area (Å²) >= 11 is 5.00. The number of carbonyl (C=O) groups excluding carboxylic acids is 2. The number of amides is 2. The minimum Gasteiger partial charge on any atom is -0.352 e. The monoisotopic (exact) mass is 384 g/mol. The Morgan fingerprint density at radius 3 is 3.00 bits per heavy atom. The summed E-state index contributed by atoms with van der Waals surface area (Å²) in [6, 6.07) is 4.03. The van der Waals surface area contributed by atoms with Crippen LogP contribution in [0.3, 0.4) is 0 Å². The molecule has 1 aromatic heterocycles. The van der Waals surface area contributed by atoms with Crippen LogP contribution in [0.4, 0.5) is 0 Å². The molecule has 1 saturated heterocycles. The quantitative estimate of drug-likeness (QED) is 0.790. The molecule has 2 rings (SSSR count). The molecule has 0 saturated carbocycles. The van der Waals surface area contributed by atoms with Gasteiger partial charge in [0, 0.05) is 36.5 Å². The average Bonchev–Trinajstić information content (AvgIpc) is 2.91. The van der Waals surface area contributed by atoms with E-state index in [4.69, 9.17) is 0 Å². The van der Waals surface area contributed by atoms with Gasteiger partial charge in [-0.15, -0.1) is 11.3 Å². The van der Waals surface area contributed by atoms with Crippen molar-refractivity contribution in [2.75, 3.05) is 13.1 Å². The maximum atomic E-state index is 12.3. The van der Waals surface area contributed by atoms with Crippen molar-refractivity contribution in [2.24, 2.45) is 0 Å². The van der Waals surface area contributed by atoms with E-state index in [9.17, 15) is 9.59 Å². The van der Waals surface area contributed by atoms with Gasteiger partial charge in [0.2, 0.25) is 11.8 Å². The summed E-state index contributed by atoms with van der Waals surface area (Å²) in [5.41, 5.74) is 0. The summed E-state index contributed by atoms with van der Waals surface area (Å²) in [6.07, 6.45) is 6.74. The number of nitrogens with zero attached hydrogens (tertiary/aromatic N) is 1. The van der Waals surface area contributed by atoms with E-state index in [2.05, 4.69) is 21.2 Å². The van der Waals surface area contributed by atoms with E-state index in [-0.39, 0.29) is 17.9 Å². The molecule has 0 radical (unpaired) electrons. The summed E-state index contributed by atoms with van der Waals surface area (Å²) in [5.74, 6) is 0.0970. The van der Waals surface area contributed by atoms with Crippen molar-refractivity contribution in [3.05, 3.63) is 26.9 Å². The van der Waals surface area contributed by atoms with Gasteiger partial charge < -0.3 is 10.2 Å². The first-order chi connectivity index (χ1) is 10.6. The zero-order chi connectivity index (χ0) is 15.9. The molecular formula is C16H21BrN2O2S. The Bertz CT molecular complexity index is 556. The maximum absolute atomic E-state index is 12.3. The lowest BCUT2D eigenvalue weighted by Crippen LogP contribution is -2.49. The van der Waals surface area contributed by atoms with Gasteiger partial charge in [-0.2, -0.15) is 0 Å². The molecule has 22 heavy (non-hydrogen) atoms. The van der Waals surface area contributed by atoms with Crippen molar-refractivity contribution in [3.8, 4) is 0 Å². The topological polar surface area (TPSA) is 49.4 Å². The third-order valence-corrected chi connectivity index (χ3v) is 5.15. The van der Waals surface area contributed by atoms with Crippen LogP contribution in [0.1, 0.15) is 37.5 Å². The summed E-state index contributed by atoms with van der Waals surface area (Å²) in [5, 5.41) is 3.02. The van der Waals surface area contributed by atoms with Crippen LogP contribution in [0.25, 0.3) is 6.08 Å². The van der Waals surface area contributed by atoms with Crippen LogP contribution in [0.5, 0.6) is 0 Å². The van der Waals surface area contributed by atoms with Gasteiger partial charge in [0.25, 0.3) is 0 Å². The van der Waals surface area contributed by atoms with E-state index in [1.807, 2.05) is 30.0 Å². The summed E-state index contributed by atoms with van der Waals surface area (Å²) in [4.78, 5) is 26.8. The minimum atomic E-state index is 0.0129. The molecule has 4 nitrogen and oxygen atoms in total. The SMILES string of the molecule is CCCC(=O)NC1CCCN(C(=O)/C=C/c2ccc(Br)s2)C1. The standard InChI is InChI=1S/C16H21BrN2O2S/c1-2-4-15(20)18-12-5-3-10-19(11-12)16(21)9-7-13-6-8-14(17)22-13/h6-9,12H,2-5,10-11H2,1H3,(H,18,20)/b9-7+. The Morgan fingerprint density at radius 2 is 2.32 bits per heavy atom. The molecule has 1 unspecified atom stereocenters. The largest absolute Gasteiger partial charge is 0.352 e. The first-order valence-electron chi connectivity index (χ1n) is 7.60. The molecule has 0 aromatic carbocycles. The van der Waals surface area contributed by atoms with E-state index in [1.165, 1.54) is 0 Å². The molecule has 6 heteroatoms. The second kappa shape index (κ2) is 8.48. The Labute approximate surface area is 143 Å². The number of hydrogen-bond acceptors (Lipinski definition) is 3. The second-order valence-corrected chi connectivity index (χ2v) is 7.91. The normalized spacial score (nSPS) is 18.6. The summed E-state index contributed by atoms with van der Waals surface area (Å²) in [7, 11) is 0. The number of piperidine rings is 1. The first kappa shape index (κ1) is 17.2. The molecule has 0 bridgehead atoms. The molecule has 1 fully saturated rings. The zero-order valence-corrected chi connectivity index (χ0v) is 15.1. The van der Waals surface area contributed by atoms with Crippen molar-refractivity contribution >= 4 is 45.2 Å². The van der Waals surface area contributed by atoms with Gasteiger partial charge in [-0.1, -0.05) is 6.92 Å². The Morgan fingerprint density at radius 1 is 1.50 bits per heavy atom. The van der Waals surface area contributed by atoms with E-state index in [0.717, 1.165) is 34.5 Å². The molecule has 2 amide bonds. The van der Waals surface area contributed by atoms with Gasteiger partial charge in [-0.25, -0.2) is 0 Å². The maximum Gasteiger partial charge on any atom is 0.246 e. The highest BCUT2D eigenvalue weighted by Crippen LogP contribution is 2.23. The predicted octanol–water partition coefficient (Wildman–Crippen LogP) is 3.43. The third kappa shape index (κ3) is 5.25. The Balaban J connectivity index is 1.87. The average molecular weight is 385 g/mol. The van der Waals surface area contributed by atoms with Gasteiger partial charge in [0.05, 0.1) is 3.79 Å². The molecular weight excluding hydrogens is 364 g/mol. The van der Waals surface area contributed by atoms with Crippen molar-refractivity contribution in [1.29, 1.82) is 0 Å². The lowest BCUT2D eigenvalue weighted by Gasteiger charge is -2.32. The highest BCUT2D eigenvalue weighted by Gasteiger charge is 2.23. The molecule has 1 aliphatic heterocycles. The molecule has 1 atom stereocenters. The van der Waals surface area contributed by atoms with Crippen LogP contribution in [0.2, 0.25) is 0 Å². The van der Waals surface area contributed by atoms with Gasteiger partial charge >= 0.3 is 0 Å². The van der Waals surface area contributed by atoms with Crippen LogP contribution in [-0.4, -0.2) is 35.8 Å². The second-order valence-electron chi connectivity index (χ2n) is 5.42. The molecule has 1 aliphatic rings. The number of carbonyl (C=O) groups is 2. The molecule has 2 heterocycles. The van der Waals surface area contributed by atoms with Gasteiger partial charge in [-0.05, 0) is 53.4 Å². The number of halogens is 1. The van der Waals surface area contributed by atoms with Crippen LogP contribution >= 0.6 is 27.3 Å². The fraction of sp³-hybridized carbons (Fsp3) is 0.500. The fourth-order valence-electron chi connectivity index (χ4n) is 2.50. The van der Waals surface area contributed by atoms with Crippen LogP contribution in [0, 0.1) is 0 Å². The van der Waals surface area contributed by atoms with Crippen molar-refractivity contribution in [2.45, 2.75) is 38.6 Å². The number of rotatable bonds is 5. The van der Waals surface area contributed by atoms with E-state index < -0.39 is 0 Å². The number of nitrogens with one attached hydrogen (secondary N) is 1. The molecule has 1 N–H and O–H groups in total. The van der Waals surface area contributed by atoms with E-state index in [0.29, 0.717) is 13.0 Å². The number of thiophene rings is 1. The van der Waals surface area contributed by atoms with Crippen LogP contribution < -0.4 is 5.32 Å².